The minimum atomic E-state index is -1.11. The van der Waals surface area contributed by atoms with E-state index in [2.05, 4.69) is 4.90 Å². The van der Waals surface area contributed by atoms with Gasteiger partial charge in [-0.15, -0.1) is 0 Å². The van der Waals surface area contributed by atoms with Crippen LogP contribution in [0.25, 0.3) is 0 Å². The molecule has 1 unspecified atom stereocenters. The third kappa shape index (κ3) is 2.23. The molecule has 1 atom stereocenters. The first kappa shape index (κ1) is 13.9. The van der Waals surface area contributed by atoms with Crippen LogP contribution in [0.2, 0.25) is 10.0 Å². The molecule has 1 aliphatic rings. The van der Waals surface area contributed by atoms with Gasteiger partial charge in [0.1, 0.15) is 5.60 Å². The summed E-state index contributed by atoms with van der Waals surface area (Å²) < 4.78 is 0. The number of hydrogen-bond donors (Lipinski definition) is 1. The average Bonchev–Trinajstić information content (AvgIpc) is 2.38. The highest BCUT2D eigenvalue weighted by Crippen LogP contribution is 2.40. The summed E-state index contributed by atoms with van der Waals surface area (Å²) in [7, 11) is 1.99. The van der Waals surface area contributed by atoms with Gasteiger partial charge in [0.2, 0.25) is 0 Å². The Hall–Kier alpha value is -1.06. The van der Waals surface area contributed by atoms with E-state index in [1.54, 1.807) is 18.2 Å². The van der Waals surface area contributed by atoms with Crippen LogP contribution in [-0.2, 0) is 12.1 Å². The predicted octanol–water partition coefficient (Wildman–Crippen LogP) is 3.67. The third-order valence-corrected chi connectivity index (χ3v) is 4.33. The van der Waals surface area contributed by atoms with Crippen LogP contribution in [0.3, 0.4) is 0 Å². The minimum absolute atomic E-state index is 0.491. The van der Waals surface area contributed by atoms with Crippen molar-refractivity contribution in [2.45, 2.75) is 12.1 Å². The fourth-order valence-corrected chi connectivity index (χ4v) is 3.50. The van der Waals surface area contributed by atoms with Crippen molar-refractivity contribution in [3.05, 3.63) is 69.2 Å². The summed E-state index contributed by atoms with van der Waals surface area (Å²) >= 11 is 12.3. The highest BCUT2D eigenvalue weighted by molar-refractivity contribution is 6.35. The van der Waals surface area contributed by atoms with Gasteiger partial charge < -0.3 is 5.11 Å². The summed E-state index contributed by atoms with van der Waals surface area (Å²) in [6.45, 7) is 1.33. The van der Waals surface area contributed by atoms with Crippen LogP contribution in [0.1, 0.15) is 16.7 Å². The molecule has 2 nitrogen and oxygen atoms in total. The van der Waals surface area contributed by atoms with E-state index in [4.69, 9.17) is 23.2 Å². The Morgan fingerprint density at radius 3 is 2.60 bits per heavy atom. The molecule has 0 radical (unpaired) electrons. The van der Waals surface area contributed by atoms with Gasteiger partial charge in [0.25, 0.3) is 0 Å². The van der Waals surface area contributed by atoms with Crippen LogP contribution >= 0.6 is 23.2 Å². The van der Waals surface area contributed by atoms with Crippen LogP contribution in [0.5, 0.6) is 0 Å². The van der Waals surface area contributed by atoms with Crippen LogP contribution in [-0.4, -0.2) is 23.6 Å². The number of hydrogen-bond acceptors (Lipinski definition) is 2. The Morgan fingerprint density at radius 1 is 1.10 bits per heavy atom. The van der Waals surface area contributed by atoms with Gasteiger partial charge in [-0.2, -0.15) is 0 Å². The molecule has 0 spiro atoms. The van der Waals surface area contributed by atoms with Crippen LogP contribution in [0, 0.1) is 0 Å². The van der Waals surface area contributed by atoms with Crippen molar-refractivity contribution in [1.82, 2.24) is 4.90 Å². The first-order valence-corrected chi connectivity index (χ1v) is 7.21. The average molecular weight is 308 g/mol. The quantitative estimate of drug-likeness (QED) is 0.869. The lowest BCUT2D eigenvalue weighted by molar-refractivity contribution is 0.0284. The highest BCUT2D eigenvalue weighted by atomic mass is 35.5. The molecular formula is C16H15Cl2NO. The van der Waals surface area contributed by atoms with Gasteiger partial charge in [-0.3, -0.25) is 4.90 Å². The molecule has 20 heavy (non-hydrogen) atoms. The van der Waals surface area contributed by atoms with E-state index in [1.165, 1.54) is 0 Å². The molecule has 2 aromatic carbocycles. The van der Waals surface area contributed by atoms with E-state index in [1.807, 2.05) is 31.3 Å². The maximum Gasteiger partial charge on any atom is 0.129 e. The van der Waals surface area contributed by atoms with E-state index in [0.29, 0.717) is 22.2 Å². The van der Waals surface area contributed by atoms with Gasteiger partial charge in [-0.1, -0.05) is 53.5 Å². The molecule has 104 valence electrons. The Balaban J connectivity index is 2.20. The van der Waals surface area contributed by atoms with Crippen LogP contribution in [0.15, 0.2) is 42.5 Å². The summed E-state index contributed by atoms with van der Waals surface area (Å²) in [5.74, 6) is 0. The number of nitrogens with zero attached hydrogens (tertiary/aromatic N) is 1. The minimum Gasteiger partial charge on any atom is -0.379 e. The largest absolute Gasteiger partial charge is 0.379 e. The molecule has 2 aromatic rings. The molecule has 0 saturated heterocycles. The summed E-state index contributed by atoms with van der Waals surface area (Å²) in [4.78, 5) is 2.09. The lowest BCUT2D eigenvalue weighted by Gasteiger charge is -2.40. The number of aliphatic hydroxyl groups is 1. The summed E-state index contributed by atoms with van der Waals surface area (Å²) in [6, 6.07) is 13.2. The number of likely N-dealkylation sites (N-methyl/N-ethyl adjacent to an activating group) is 1. The zero-order valence-corrected chi connectivity index (χ0v) is 12.6. The second-order valence-electron chi connectivity index (χ2n) is 5.31. The highest BCUT2D eigenvalue weighted by Gasteiger charge is 2.39. The van der Waals surface area contributed by atoms with Crippen molar-refractivity contribution < 1.29 is 5.11 Å². The zero-order chi connectivity index (χ0) is 14.3. The van der Waals surface area contributed by atoms with Gasteiger partial charge >= 0.3 is 0 Å². The van der Waals surface area contributed by atoms with E-state index in [0.717, 1.165) is 17.7 Å². The van der Waals surface area contributed by atoms with Crippen molar-refractivity contribution in [3.8, 4) is 0 Å². The van der Waals surface area contributed by atoms with Gasteiger partial charge in [0, 0.05) is 28.7 Å². The first-order valence-electron chi connectivity index (χ1n) is 6.45. The molecule has 1 heterocycles. The fourth-order valence-electron chi connectivity index (χ4n) is 2.94. The molecule has 0 amide bonds. The summed E-state index contributed by atoms with van der Waals surface area (Å²) in [6.07, 6.45) is 0. The molecule has 3 rings (SSSR count). The molecule has 0 aromatic heterocycles. The molecule has 1 aliphatic heterocycles. The molecule has 0 saturated carbocycles. The smallest absolute Gasteiger partial charge is 0.129 e. The molecule has 0 bridgehead atoms. The second-order valence-corrected chi connectivity index (χ2v) is 6.16. The zero-order valence-electron chi connectivity index (χ0n) is 11.1. The lowest BCUT2D eigenvalue weighted by Crippen LogP contribution is -2.45. The predicted molar refractivity (Wildman–Crippen MR) is 82.2 cm³/mol. The summed E-state index contributed by atoms with van der Waals surface area (Å²) in [5, 5.41) is 12.3. The normalized spacial score (nSPS) is 22.6. The van der Waals surface area contributed by atoms with Gasteiger partial charge in [0.15, 0.2) is 0 Å². The van der Waals surface area contributed by atoms with Crippen molar-refractivity contribution >= 4 is 23.2 Å². The van der Waals surface area contributed by atoms with Gasteiger partial charge in [-0.05, 0) is 30.3 Å². The van der Waals surface area contributed by atoms with Crippen molar-refractivity contribution in [3.63, 3.8) is 0 Å². The van der Waals surface area contributed by atoms with Crippen LogP contribution < -0.4 is 0 Å². The molecular weight excluding hydrogens is 293 g/mol. The Kier molecular flexibility index (Phi) is 3.51. The van der Waals surface area contributed by atoms with Gasteiger partial charge in [-0.25, -0.2) is 0 Å². The number of benzene rings is 2. The van der Waals surface area contributed by atoms with E-state index >= 15 is 0 Å². The molecule has 0 aliphatic carbocycles. The number of rotatable bonds is 1. The van der Waals surface area contributed by atoms with Crippen molar-refractivity contribution in [2.24, 2.45) is 0 Å². The standard InChI is InChI=1S/C16H15Cl2NO/c1-19-9-11-4-2-3-5-13(11)16(20,10-19)14-7-6-12(17)8-15(14)18/h2-8,20H,9-10H2,1H3. The maximum absolute atomic E-state index is 11.3. The Morgan fingerprint density at radius 2 is 1.85 bits per heavy atom. The van der Waals surface area contributed by atoms with E-state index in [-0.39, 0.29) is 0 Å². The lowest BCUT2D eigenvalue weighted by atomic mass is 9.80. The van der Waals surface area contributed by atoms with Crippen molar-refractivity contribution in [1.29, 1.82) is 0 Å². The maximum atomic E-state index is 11.3. The van der Waals surface area contributed by atoms with Gasteiger partial charge in [0.05, 0.1) is 0 Å². The monoisotopic (exact) mass is 307 g/mol. The number of fused-ring (bicyclic) bond motifs is 1. The topological polar surface area (TPSA) is 23.5 Å². The summed E-state index contributed by atoms with van der Waals surface area (Å²) in [5.41, 5.74) is 1.63. The third-order valence-electron chi connectivity index (χ3n) is 3.78. The fraction of sp³-hybridized carbons (Fsp3) is 0.250. The van der Waals surface area contributed by atoms with Crippen LogP contribution in [0.4, 0.5) is 0 Å². The second kappa shape index (κ2) is 5.05. The van der Waals surface area contributed by atoms with E-state index in [9.17, 15) is 5.11 Å². The number of halogens is 2. The molecule has 0 fully saturated rings. The Labute approximate surface area is 128 Å². The molecule has 4 heteroatoms. The Bertz CT molecular complexity index is 659. The number of β-amino-alcohol motifs (C(OH)–C–C–N with tert-alkyl or cyclic N) is 1. The van der Waals surface area contributed by atoms with E-state index < -0.39 is 5.60 Å². The molecule has 1 N–H and O–H groups in total. The SMILES string of the molecule is CN1Cc2ccccc2C(O)(c2ccc(Cl)cc2Cl)C1. The van der Waals surface area contributed by atoms with Crippen molar-refractivity contribution in [2.75, 3.05) is 13.6 Å². The first-order chi connectivity index (χ1) is 9.50.